The largest absolute Gasteiger partial charge is 0.466 e. The van der Waals surface area contributed by atoms with E-state index < -0.39 is 6.10 Å². The van der Waals surface area contributed by atoms with Gasteiger partial charge in [0.25, 0.3) is 0 Å². The summed E-state index contributed by atoms with van der Waals surface area (Å²) in [6, 6.07) is 3.70. The van der Waals surface area contributed by atoms with Crippen molar-refractivity contribution >= 4 is 33.7 Å². The van der Waals surface area contributed by atoms with Crippen molar-refractivity contribution in [1.29, 1.82) is 0 Å². The van der Waals surface area contributed by atoms with E-state index in [2.05, 4.69) is 20.9 Å². The lowest BCUT2D eigenvalue weighted by atomic mass is 10.3. The highest BCUT2D eigenvalue weighted by atomic mass is 79.9. The van der Waals surface area contributed by atoms with Crippen molar-refractivity contribution in [2.24, 2.45) is 0 Å². The summed E-state index contributed by atoms with van der Waals surface area (Å²) in [6.07, 6.45) is 0.990. The number of hydrogen-bond acceptors (Lipinski definition) is 5. The van der Waals surface area contributed by atoms with Crippen LogP contribution < -0.4 is 0 Å². The van der Waals surface area contributed by atoms with Crippen LogP contribution in [0.1, 0.15) is 13.3 Å². The Balaban J connectivity index is 2.35. The van der Waals surface area contributed by atoms with Gasteiger partial charge in [-0.1, -0.05) is 0 Å². The summed E-state index contributed by atoms with van der Waals surface area (Å²) in [7, 11) is 0. The molecule has 0 amide bonds. The van der Waals surface area contributed by atoms with Crippen LogP contribution in [0.2, 0.25) is 0 Å². The molecule has 1 unspecified atom stereocenters. The van der Waals surface area contributed by atoms with Crippen molar-refractivity contribution in [2.75, 3.05) is 12.4 Å². The number of nitrogens with zero attached hydrogens (tertiary/aromatic N) is 1. The standard InChI is InChI=1S/C11H14BrNO3S/c1-2-16-10(15)6-8(14)7-17-11-9(12)4-3-5-13-11/h3-5,8,14H,2,6-7H2,1H3. The average molecular weight is 320 g/mol. The molecule has 0 fully saturated rings. The van der Waals surface area contributed by atoms with Gasteiger partial charge in [-0.05, 0) is 35.0 Å². The maximum absolute atomic E-state index is 11.1. The molecule has 0 aliphatic rings. The molecule has 0 radical (unpaired) electrons. The third-order valence-corrected chi connectivity index (χ3v) is 3.90. The maximum Gasteiger partial charge on any atom is 0.308 e. The molecular formula is C11H14BrNO3S. The predicted octanol–water partition coefficient (Wildman–Crippen LogP) is 2.25. The highest BCUT2D eigenvalue weighted by Gasteiger charge is 2.13. The van der Waals surface area contributed by atoms with E-state index in [1.54, 1.807) is 13.1 Å². The topological polar surface area (TPSA) is 59.4 Å². The molecule has 0 aliphatic carbocycles. The number of thioether (sulfide) groups is 1. The maximum atomic E-state index is 11.1. The molecule has 6 heteroatoms. The first-order valence-corrected chi connectivity index (χ1v) is 6.98. The monoisotopic (exact) mass is 319 g/mol. The smallest absolute Gasteiger partial charge is 0.308 e. The summed E-state index contributed by atoms with van der Waals surface area (Å²) >= 11 is 4.76. The zero-order valence-electron chi connectivity index (χ0n) is 9.43. The number of hydrogen-bond donors (Lipinski definition) is 1. The van der Waals surface area contributed by atoms with Crippen LogP contribution in [0.15, 0.2) is 27.8 Å². The summed E-state index contributed by atoms with van der Waals surface area (Å²) in [5.41, 5.74) is 0. The normalized spacial score (nSPS) is 12.2. The summed E-state index contributed by atoms with van der Waals surface area (Å²) < 4.78 is 5.64. The fourth-order valence-corrected chi connectivity index (χ4v) is 2.53. The first-order valence-electron chi connectivity index (χ1n) is 5.20. The van der Waals surface area contributed by atoms with E-state index in [9.17, 15) is 9.90 Å². The van der Waals surface area contributed by atoms with E-state index in [1.165, 1.54) is 11.8 Å². The SMILES string of the molecule is CCOC(=O)CC(O)CSc1ncccc1Br. The molecule has 0 aliphatic heterocycles. The number of pyridine rings is 1. The van der Waals surface area contributed by atoms with Crippen LogP contribution >= 0.6 is 27.7 Å². The molecule has 1 heterocycles. The van der Waals surface area contributed by atoms with Crippen LogP contribution in [0.5, 0.6) is 0 Å². The quantitative estimate of drug-likeness (QED) is 0.643. The predicted molar refractivity (Wildman–Crippen MR) is 69.9 cm³/mol. The number of ether oxygens (including phenoxy) is 1. The molecule has 0 saturated heterocycles. The highest BCUT2D eigenvalue weighted by Crippen LogP contribution is 2.25. The second-order valence-corrected chi connectivity index (χ2v) is 5.13. The van der Waals surface area contributed by atoms with Gasteiger partial charge in [-0.15, -0.1) is 11.8 Å². The van der Waals surface area contributed by atoms with Crippen molar-refractivity contribution in [3.8, 4) is 0 Å². The summed E-state index contributed by atoms with van der Waals surface area (Å²) in [5.74, 6) is 0.0368. The minimum absolute atomic E-state index is 0.0191. The van der Waals surface area contributed by atoms with Gasteiger partial charge in [-0.25, -0.2) is 4.98 Å². The van der Waals surface area contributed by atoms with Crippen LogP contribution in [-0.2, 0) is 9.53 Å². The number of carbonyl (C=O) groups is 1. The van der Waals surface area contributed by atoms with E-state index in [4.69, 9.17) is 4.74 Å². The van der Waals surface area contributed by atoms with Crippen LogP contribution in [0.25, 0.3) is 0 Å². The Morgan fingerprint density at radius 1 is 1.71 bits per heavy atom. The van der Waals surface area contributed by atoms with Crippen molar-refractivity contribution in [1.82, 2.24) is 4.98 Å². The van der Waals surface area contributed by atoms with Gasteiger partial charge >= 0.3 is 5.97 Å². The fraction of sp³-hybridized carbons (Fsp3) is 0.455. The lowest BCUT2D eigenvalue weighted by molar-refractivity contribution is -0.144. The molecule has 1 aromatic heterocycles. The fourth-order valence-electron chi connectivity index (χ4n) is 1.12. The summed E-state index contributed by atoms with van der Waals surface area (Å²) in [6.45, 7) is 2.08. The first-order chi connectivity index (χ1) is 8.13. The van der Waals surface area contributed by atoms with E-state index in [0.717, 1.165) is 9.50 Å². The lowest BCUT2D eigenvalue weighted by Crippen LogP contribution is -2.17. The summed E-state index contributed by atoms with van der Waals surface area (Å²) in [5, 5.41) is 10.4. The Bertz CT molecular complexity index is 375. The Hall–Kier alpha value is -0.590. The number of aliphatic hydroxyl groups is 1. The first kappa shape index (κ1) is 14.5. The van der Waals surface area contributed by atoms with Gasteiger partial charge in [0.05, 0.1) is 19.1 Å². The molecule has 0 bridgehead atoms. The summed E-state index contributed by atoms with van der Waals surface area (Å²) in [4.78, 5) is 15.3. The molecule has 1 N–H and O–H groups in total. The van der Waals surface area contributed by atoms with Gasteiger partial charge in [0.2, 0.25) is 0 Å². The van der Waals surface area contributed by atoms with Crippen molar-refractivity contribution in [2.45, 2.75) is 24.5 Å². The van der Waals surface area contributed by atoms with Gasteiger partial charge in [0.1, 0.15) is 5.03 Å². The van der Waals surface area contributed by atoms with Crippen LogP contribution in [-0.4, -0.2) is 34.5 Å². The van der Waals surface area contributed by atoms with Gasteiger partial charge < -0.3 is 9.84 Å². The van der Waals surface area contributed by atoms with Gasteiger partial charge in [-0.2, -0.15) is 0 Å². The number of esters is 1. The average Bonchev–Trinajstić information content (AvgIpc) is 2.28. The van der Waals surface area contributed by atoms with Gasteiger partial charge in [0, 0.05) is 16.4 Å². The van der Waals surface area contributed by atoms with Crippen LogP contribution in [0.4, 0.5) is 0 Å². The third kappa shape index (κ3) is 5.52. The van der Waals surface area contributed by atoms with E-state index in [-0.39, 0.29) is 12.4 Å². The molecule has 1 rings (SSSR count). The Labute approximate surface area is 113 Å². The molecular weight excluding hydrogens is 306 g/mol. The molecule has 94 valence electrons. The van der Waals surface area contributed by atoms with Crippen LogP contribution in [0, 0.1) is 0 Å². The van der Waals surface area contributed by atoms with E-state index >= 15 is 0 Å². The lowest BCUT2D eigenvalue weighted by Gasteiger charge is -2.09. The second-order valence-electron chi connectivity index (χ2n) is 3.26. The highest BCUT2D eigenvalue weighted by molar-refractivity contribution is 9.10. The number of aliphatic hydroxyl groups excluding tert-OH is 1. The molecule has 0 spiro atoms. The number of carbonyl (C=O) groups excluding carboxylic acids is 1. The molecule has 17 heavy (non-hydrogen) atoms. The Morgan fingerprint density at radius 2 is 2.47 bits per heavy atom. The van der Waals surface area contributed by atoms with Gasteiger partial charge in [-0.3, -0.25) is 4.79 Å². The number of halogens is 1. The van der Waals surface area contributed by atoms with E-state index in [0.29, 0.717) is 12.4 Å². The molecule has 0 aromatic carbocycles. The Kier molecular flexibility index (Phi) is 6.54. The van der Waals surface area contributed by atoms with Gasteiger partial charge in [0.15, 0.2) is 0 Å². The minimum Gasteiger partial charge on any atom is -0.466 e. The zero-order chi connectivity index (χ0) is 12.7. The molecule has 1 atom stereocenters. The molecule has 0 saturated carbocycles. The number of aromatic nitrogens is 1. The van der Waals surface area contributed by atoms with E-state index in [1.807, 2.05) is 12.1 Å². The van der Waals surface area contributed by atoms with Crippen LogP contribution in [0.3, 0.4) is 0 Å². The van der Waals surface area contributed by atoms with Crippen molar-refractivity contribution < 1.29 is 14.6 Å². The molecule has 4 nitrogen and oxygen atoms in total. The molecule has 1 aromatic rings. The minimum atomic E-state index is -0.715. The Morgan fingerprint density at radius 3 is 3.12 bits per heavy atom. The zero-order valence-corrected chi connectivity index (χ0v) is 11.8. The second kappa shape index (κ2) is 7.68. The van der Waals surface area contributed by atoms with Crippen molar-refractivity contribution in [3.05, 3.63) is 22.8 Å². The van der Waals surface area contributed by atoms with Crippen molar-refractivity contribution in [3.63, 3.8) is 0 Å². The number of rotatable bonds is 6. The third-order valence-electron chi connectivity index (χ3n) is 1.84.